The lowest BCUT2D eigenvalue weighted by Crippen LogP contribution is -2.33. The van der Waals surface area contributed by atoms with E-state index >= 15 is 0 Å². The lowest BCUT2D eigenvalue weighted by molar-refractivity contribution is 0.311. The van der Waals surface area contributed by atoms with Crippen LogP contribution in [0.4, 0.5) is 5.69 Å². The highest BCUT2D eigenvalue weighted by Crippen LogP contribution is 2.41. The molecule has 0 unspecified atom stereocenters. The fourth-order valence-corrected chi connectivity index (χ4v) is 5.74. The Morgan fingerprint density at radius 2 is 1.73 bits per heavy atom. The summed E-state index contributed by atoms with van der Waals surface area (Å²) < 4.78 is 7.08. The number of likely N-dealkylation sites (N-methyl/N-ethyl adjacent to an activating group) is 1. The quantitative estimate of drug-likeness (QED) is 0.292. The fourth-order valence-electron chi connectivity index (χ4n) is 5.45. The number of rotatable bonds is 3. The number of halogens is 1. The molecule has 0 saturated heterocycles. The zero-order valence-corrected chi connectivity index (χ0v) is 22.3. The monoisotopic (exact) mass is 546 g/mol. The number of pyridine rings is 1. The molecule has 0 radical (unpaired) electrons. The Kier molecular flexibility index (Phi) is 5.68. The smallest absolute Gasteiger partial charge is 0.333 e. The number of ether oxygens (including phenoxy) is 1. The molecule has 0 aliphatic carbocycles. The standard InChI is InChI=1S/C32H23ClN4O3/c1-36-13-14-40-29-16-19(10-12-27(29)36)23-7-4-8-25(33)30(23)20-9-11-24-26(15-20)35-32(39)37(31(24)38)28-18-34-17-21-5-2-3-6-22(21)28/h2-12,15-18H,13-14H2,1H3,(H,35,39). The Morgan fingerprint density at radius 3 is 2.62 bits per heavy atom. The maximum Gasteiger partial charge on any atom is 0.333 e. The molecule has 0 bridgehead atoms. The molecule has 4 aromatic carbocycles. The molecule has 3 heterocycles. The average Bonchev–Trinajstić information content (AvgIpc) is 2.97. The zero-order chi connectivity index (χ0) is 27.4. The fraction of sp³-hybridized carbons (Fsp3) is 0.0938. The van der Waals surface area contributed by atoms with Crippen LogP contribution >= 0.6 is 11.6 Å². The summed E-state index contributed by atoms with van der Waals surface area (Å²) in [4.78, 5) is 36.3. The second-order valence-corrected chi connectivity index (χ2v) is 10.2. The van der Waals surface area contributed by atoms with Gasteiger partial charge in [0.1, 0.15) is 12.4 Å². The molecule has 0 spiro atoms. The summed E-state index contributed by atoms with van der Waals surface area (Å²) in [5.74, 6) is 0.823. The number of anilines is 1. The molecule has 7 nitrogen and oxygen atoms in total. The first-order chi connectivity index (χ1) is 19.5. The normalized spacial score (nSPS) is 12.9. The van der Waals surface area contributed by atoms with Crippen molar-refractivity contribution in [3.63, 3.8) is 0 Å². The van der Waals surface area contributed by atoms with Gasteiger partial charge < -0.3 is 14.6 Å². The topological polar surface area (TPSA) is 80.2 Å². The van der Waals surface area contributed by atoms with Gasteiger partial charge in [-0.3, -0.25) is 9.78 Å². The maximum atomic E-state index is 13.6. The van der Waals surface area contributed by atoms with Gasteiger partial charge in [-0.05, 0) is 47.0 Å². The molecule has 0 atom stereocenters. The summed E-state index contributed by atoms with van der Waals surface area (Å²) in [7, 11) is 2.05. The van der Waals surface area contributed by atoms with Crippen molar-refractivity contribution in [1.82, 2.24) is 14.5 Å². The van der Waals surface area contributed by atoms with Gasteiger partial charge in [0.05, 0.1) is 35.0 Å². The van der Waals surface area contributed by atoms with Crippen LogP contribution in [0.2, 0.25) is 5.02 Å². The van der Waals surface area contributed by atoms with E-state index in [1.165, 1.54) is 6.20 Å². The Hall–Kier alpha value is -4.88. The van der Waals surface area contributed by atoms with Gasteiger partial charge in [0.15, 0.2) is 0 Å². The first kappa shape index (κ1) is 24.2. The third kappa shape index (κ3) is 3.86. The van der Waals surface area contributed by atoms with Crippen molar-refractivity contribution < 1.29 is 4.74 Å². The third-order valence-electron chi connectivity index (χ3n) is 7.45. The van der Waals surface area contributed by atoms with E-state index in [1.807, 2.05) is 61.6 Å². The minimum absolute atomic E-state index is 0.384. The highest BCUT2D eigenvalue weighted by molar-refractivity contribution is 6.34. The Bertz CT molecular complexity index is 2080. The highest BCUT2D eigenvalue weighted by Gasteiger charge is 2.19. The number of H-pyrrole nitrogens is 1. The molecule has 1 aliphatic rings. The molecule has 0 amide bonds. The number of aromatic nitrogens is 3. The van der Waals surface area contributed by atoms with E-state index in [2.05, 4.69) is 27.0 Å². The summed E-state index contributed by atoms with van der Waals surface area (Å²) in [6.07, 6.45) is 3.24. The molecule has 40 heavy (non-hydrogen) atoms. The van der Waals surface area contributed by atoms with E-state index in [0.717, 1.165) is 55.6 Å². The molecule has 1 N–H and O–H groups in total. The second kappa shape index (κ2) is 9.39. The zero-order valence-electron chi connectivity index (χ0n) is 21.5. The molecule has 0 saturated carbocycles. The van der Waals surface area contributed by atoms with Crippen molar-refractivity contribution in [1.29, 1.82) is 0 Å². The Morgan fingerprint density at radius 1 is 0.875 bits per heavy atom. The van der Waals surface area contributed by atoms with E-state index in [-0.39, 0.29) is 0 Å². The lowest BCUT2D eigenvalue weighted by atomic mass is 9.93. The van der Waals surface area contributed by atoms with Crippen molar-refractivity contribution in [2.75, 3.05) is 25.1 Å². The average molecular weight is 547 g/mol. The van der Waals surface area contributed by atoms with Crippen LogP contribution in [-0.2, 0) is 0 Å². The van der Waals surface area contributed by atoms with E-state index in [1.54, 1.807) is 18.3 Å². The van der Waals surface area contributed by atoms with Gasteiger partial charge >= 0.3 is 5.69 Å². The highest BCUT2D eigenvalue weighted by atomic mass is 35.5. The second-order valence-electron chi connectivity index (χ2n) is 9.83. The van der Waals surface area contributed by atoms with Crippen LogP contribution in [0.25, 0.3) is 49.6 Å². The molecule has 0 fully saturated rings. The van der Waals surface area contributed by atoms with Crippen LogP contribution in [0.5, 0.6) is 5.75 Å². The number of benzene rings is 4. The lowest BCUT2D eigenvalue weighted by Gasteiger charge is -2.28. The van der Waals surface area contributed by atoms with Crippen LogP contribution in [0.3, 0.4) is 0 Å². The predicted molar refractivity (Wildman–Crippen MR) is 160 cm³/mol. The van der Waals surface area contributed by atoms with Gasteiger partial charge in [-0.1, -0.05) is 60.1 Å². The van der Waals surface area contributed by atoms with Gasteiger partial charge in [-0.2, -0.15) is 0 Å². The van der Waals surface area contributed by atoms with Crippen molar-refractivity contribution in [2.24, 2.45) is 0 Å². The molecule has 8 heteroatoms. The van der Waals surface area contributed by atoms with Crippen LogP contribution in [-0.4, -0.2) is 34.7 Å². The largest absolute Gasteiger partial charge is 0.490 e. The summed E-state index contributed by atoms with van der Waals surface area (Å²) in [6, 6.07) is 24.8. The molecule has 1 aliphatic heterocycles. The molecular weight excluding hydrogens is 524 g/mol. The van der Waals surface area contributed by atoms with Gasteiger partial charge in [0.25, 0.3) is 5.56 Å². The van der Waals surface area contributed by atoms with Crippen molar-refractivity contribution >= 4 is 39.0 Å². The molecular formula is C32H23ClN4O3. The molecule has 7 rings (SSSR count). The number of fused-ring (bicyclic) bond motifs is 3. The summed E-state index contributed by atoms with van der Waals surface area (Å²) >= 11 is 6.77. The SMILES string of the molecule is CN1CCOc2cc(-c3cccc(Cl)c3-c3ccc4c(=O)n(-c5cncc6ccccc56)c(=O)[nH]c4c3)ccc21. The number of nitrogens with one attached hydrogen (secondary N) is 1. The van der Waals surface area contributed by atoms with Crippen LogP contribution < -0.4 is 20.9 Å². The van der Waals surface area contributed by atoms with E-state index in [4.69, 9.17) is 16.3 Å². The van der Waals surface area contributed by atoms with Gasteiger partial charge in [0, 0.05) is 34.6 Å². The molecule has 2 aromatic heterocycles. The first-order valence-electron chi connectivity index (χ1n) is 12.9. The minimum atomic E-state index is -0.539. The number of hydrogen-bond donors (Lipinski definition) is 1. The summed E-state index contributed by atoms with van der Waals surface area (Å²) in [6.45, 7) is 1.46. The number of hydrogen-bond acceptors (Lipinski definition) is 5. The van der Waals surface area contributed by atoms with Crippen LogP contribution in [0, 0.1) is 0 Å². The predicted octanol–water partition coefficient (Wildman–Crippen LogP) is 6.04. The van der Waals surface area contributed by atoms with Gasteiger partial charge in [0.2, 0.25) is 0 Å². The Balaban J connectivity index is 1.39. The summed E-state index contributed by atoms with van der Waals surface area (Å²) in [5, 5.41) is 2.55. The first-order valence-corrected chi connectivity index (χ1v) is 13.3. The molecule has 6 aromatic rings. The number of aromatic amines is 1. The van der Waals surface area contributed by atoms with Crippen molar-refractivity contribution in [3.8, 4) is 33.7 Å². The van der Waals surface area contributed by atoms with E-state index in [9.17, 15) is 9.59 Å². The van der Waals surface area contributed by atoms with Crippen LogP contribution in [0.15, 0.2) is 101 Å². The van der Waals surface area contributed by atoms with Crippen LogP contribution in [0.1, 0.15) is 0 Å². The van der Waals surface area contributed by atoms with Crippen molar-refractivity contribution in [2.45, 2.75) is 0 Å². The number of nitrogens with zero attached hydrogens (tertiary/aromatic N) is 3. The van der Waals surface area contributed by atoms with Crippen molar-refractivity contribution in [3.05, 3.63) is 117 Å². The maximum absolute atomic E-state index is 13.6. The van der Waals surface area contributed by atoms with Gasteiger partial charge in [-0.15, -0.1) is 0 Å². The minimum Gasteiger partial charge on any atom is -0.490 e. The molecule has 196 valence electrons. The van der Waals surface area contributed by atoms with E-state index in [0.29, 0.717) is 28.2 Å². The third-order valence-corrected chi connectivity index (χ3v) is 7.77. The Labute approximate surface area is 233 Å². The van der Waals surface area contributed by atoms with E-state index < -0.39 is 11.2 Å². The van der Waals surface area contributed by atoms with Gasteiger partial charge in [-0.25, -0.2) is 9.36 Å². The summed E-state index contributed by atoms with van der Waals surface area (Å²) in [5.41, 5.74) is 4.41.